The molecule has 0 N–H and O–H groups in total. The van der Waals surface area contributed by atoms with E-state index in [1.807, 2.05) is 57.5 Å². The molecule has 0 radical (unpaired) electrons. The number of hydrogen-bond acceptors (Lipinski definition) is 4. The highest BCUT2D eigenvalue weighted by Gasteiger charge is 2.11. The van der Waals surface area contributed by atoms with Gasteiger partial charge in [-0.15, -0.1) is 45.3 Å². The van der Waals surface area contributed by atoms with Crippen molar-refractivity contribution in [3.8, 4) is 83.5 Å². The van der Waals surface area contributed by atoms with E-state index in [1.54, 1.807) is 0 Å². The minimum Gasteiger partial charge on any atom is -0.135 e. The fourth-order valence-electron chi connectivity index (χ4n) is 6.56. The van der Waals surface area contributed by atoms with Crippen LogP contribution in [-0.4, -0.2) is 0 Å². The predicted octanol–water partition coefficient (Wildman–Crippen LogP) is 16.6. The van der Waals surface area contributed by atoms with Crippen molar-refractivity contribution in [1.82, 2.24) is 0 Å². The molecular weight excluding hydrogens is 729 g/mol. The SMILES string of the molecule is C=Cc1ccc(-c2ccc(-c3ccc(-c4ccc(-c5ccc(-c6ccc(-c7ccc(-c8ccc(-c9ccc(C=C)cc9)s8)cc7)s6)cc5)s4)cc3)s2)cc1. The highest BCUT2D eigenvalue weighted by molar-refractivity contribution is 7.20. The van der Waals surface area contributed by atoms with Gasteiger partial charge in [0.25, 0.3) is 0 Å². The molecule has 0 fully saturated rings. The first kappa shape index (κ1) is 34.2. The third-order valence-electron chi connectivity index (χ3n) is 9.65. The van der Waals surface area contributed by atoms with Crippen LogP contribution in [0.5, 0.6) is 0 Å². The second-order valence-electron chi connectivity index (χ2n) is 13.0. The molecule has 4 heterocycles. The van der Waals surface area contributed by atoms with Crippen molar-refractivity contribution in [1.29, 1.82) is 0 Å². The van der Waals surface area contributed by atoms with Crippen LogP contribution >= 0.6 is 45.3 Å². The lowest BCUT2D eigenvalue weighted by atomic mass is 10.1. The van der Waals surface area contributed by atoms with Crippen LogP contribution < -0.4 is 0 Å². The van der Waals surface area contributed by atoms with Gasteiger partial charge in [0.05, 0.1) is 0 Å². The zero-order chi connectivity index (χ0) is 36.4. The Morgan fingerprint density at radius 1 is 0.222 bits per heavy atom. The second kappa shape index (κ2) is 15.0. The first-order valence-corrected chi connectivity index (χ1v) is 21.0. The summed E-state index contributed by atoms with van der Waals surface area (Å²) in [5.41, 5.74) is 12.2. The van der Waals surface area contributed by atoms with Crippen LogP contribution in [0.4, 0.5) is 0 Å². The van der Waals surface area contributed by atoms with E-state index in [1.165, 1.54) is 83.5 Å². The lowest BCUT2D eigenvalue weighted by Crippen LogP contribution is -1.75. The fraction of sp³-hybridized carbons (Fsp3) is 0. The van der Waals surface area contributed by atoms with Crippen LogP contribution in [-0.2, 0) is 0 Å². The van der Waals surface area contributed by atoms with E-state index in [2.05, 4.69) is 183 Å². The molecule has 0 spiro atoms. The molecule has 4 aromatic heterocycles. The molecule has 0 unspecified atom stereocenters. The zero-order valence-electron chi connectivity index (χ0n) is 29.4. The lowest BCUT2D eigenvalue weighted by molar-refractivity contribution is 1.66. The number of hydrogen-bond donors (Lipinski definition) is 0. The Morgan fingerprint density at radius 2 is 0.370 bits per heavy atom. The van der Waals surface area contributed by atoms with E-state index in [0.29, 0.717) is 0 Å². The largest absolute Gasteiger partial charge is 0.135 e. The molecule has 5 aromatic carbocycles. The molecule has 0 amide bonds. The zero-order valence-corrected chi connectivity index (χ0v) is 32.6. The van der Waals surface area contributed by atoms with Gasteiger partial charge in [-0.25, -0.2) is 0 Å². The summed E-state index contributed by atoms with van der Waals surface area (Å²) < 4.78 is 0. The quantitative estimate of drug-likeness (QED) is 0.130. The molecule has 0 atom stereocenters. The van der Waals surface area contributed by atoms with Crippen molar-refractivity contribution < 1.29 is 0 Å². The van der Waals surface area contributed by atoms with Crippen LogP contribution in [0.25, 0.3) is 95.7 Å². The summed E-state index contributed by atoms with van der Waals surface area (Å²) in [6, 6.07) is 62.0. The van der Waals surface area contributed by atoms with E-state index in [0.717, 1.165) is 11.1 Å². The van der Waals surface area contributed by atoms with Crippen molar-refractivity contribution in [3.05, 3.63) is 194 Å². The molecular formula is C50H34S4. The van der Waals surface area contributed by atoms with Gasteiger partial charge in [-0.2, -0.15) is 0 Å². The van der Waals surface area contributed by atoms with Gasteiger partial charge in [0.1, 0.15) is 0 Å². The van der Waals surface area contributed by atoms with Crippen molar-refractivity contribution in [3.63, 3.8) is 0 Å². The Labute approximate surface area is 333 Å². The summed E-state index contributed by atoms with van der Waals surface area (Å²) in [6.45, 7) is 7.73. The molecule has 9 aromatic rings. The van der Waals surface area contributed by atoms with Crippen LogP contribution in [0.1, 0.15) is 11.1 Å². The van der Waals surface area contributed by atoms with Crippen molar-refractivity contribution in [2.75, 3.05) is 0 Å². The maximum absolute atomic E-state index is 3.86. The smallest absolute Gasteiger partial charge is 0.0349 e. The predicted molar refractivity (Wildman–Crippen MR) is 242 cm³/mol. The summed E-state index contributed by atoms with van der Waals surface area (Å²) in [6.07, 6.45) is 3.76. The monoisotopic (exact) mass is 762 g/mol. The van der Waals surface area contributed by atoms with Crippen molar-refractivity contribution in [2.24, 2.45) is 0 Å². The van der Waals surface area contributed by atoms with Gasteiger partial charge in [0.15, 0.2) is 0 Å². The molecule has 0 saturated carbocycles. The maximum Gasteiger partial charge on any atom is 0.0349 e. The first-order chi connectivity index (χ1) is 26.6. The van der Waals surface area contributed by atoms with Gasteiger partial charge in [-0.1, -0.05) is 147 Å². The number of benzene rings is 5. The van der Waals surface area contributed by atoms with E-state index in [9.17, 15) is 0 Å². The summed E-state index contributed by atoms with van der Waals surface area (Å²) in [5, 5.41) is 0. The molecule has 0 aliphatic carbocycles. The maximum atomic E-state index is 3.86. The van der Waals surface area contributed by atoms with Gasteiger partial charge in [0, 0.05) is 39.0 Å². The Kier molecular flexibility index (Phi) is 9.50. The lowest BCUT2D eigenvalue weighted by Gasteiger charge is -2.03. The minimum atomic E-state index is 1.14. The van der Waals surface area contributed by atoms with Gasteiger partial charge in [0.2, 0.25) is 0 Å². The Bertz CT molecular complexity index is 2500. The topological polar surface area (TPSA) is 0 Å². The summed E-state index contributed by atoms with van der Waals surface area (Å²) in [4.78, 5) is 10.2. The Morgan fingerprint density at radius 3 is 0.519 bits per heavy atom. The third-order valence-corrected chi connectivity index (χ3v) is 14.4. The van der Waals surface area contributed by atoms with Crippen molar-refractivity contribution in [2.45, 2.75) is 0 Å². The normalized spacial score (nSPS) is 11.1. The number of rotatable bonds is 10. The highest BCUT2D eigenvalue weighted by atomic mass is 32.1. The summed E-state index contributed by atoms with van der Waals surface area (Å²) >= 11 is 7.35. The van der Waals surface area contributed by atoms with Crippen molar-refractivity contribution >= 4 is 57.5 Å². The van der Waals surface area contributed by atoms with Gasteiger partial charge in [-0.3, -0.25) is 0 Å². The molecule has 0 saturated heterocycles. The van der Waals surface area contributed by atoms with Gasteiger partial charge < -0.3 is 0 Å². The standard InChI is InChI=1S/C50H34S4/c1-3-33-5-9-35(10-6-33)43-25-27-45(51-43)37-13-17-39(18-14-37)47-29-31-49(53-47)41-21-23-42(24-22-41)50-32-30-48(54-50)40-19-15-38(16-20-40)46-28-26-44(52-46)36-11-7-34(4-2)8-12-36/h3-32H,1-2H2. The Hall–Kier alpha value is -5.62. The summed E-state index contributed by atoms with van der Waals surface area (Å²) in [5.74, 6) is 0. The molecule has 9 rings (SSSR count). The average molecular weight is 763 g/mol. The van der Waals surface area contributed by atoms with Crippen LogP contribution in [0, 0.1) is 0 Å². The van der Waals surface area contributed by atoms with E-state index in [4.69, 9.17) is 0 Å². The molecule has 0 nitrogen and oxygen atoms in total. The summed E-state index contributed by atoms with van der Waals surface area (Å²) in [7, 11) is 0. The van der Waals surface area contributed by atoms with E-state index >= 15 is 0 Å². The van der Waals surface area contributed by atoms with Crippen LogP contribution in [0.3, 0.4) is 0 Å². The number of thiophene rings is 4. The van der Waals surface area contributed by atoms with E-state index < -0.39 is 0 Å². The average Bonchev–Trinajstić information content (AvgIpc) is 4.09. The Balaban J connectivity index is 0.850. The second-order valence-corrected chi connectivity index (χ2v) is 17.4. The van der Waals surface area contributed by atoms with Crippen LogP contribution in [0.15, 0.2) is 183 Å². The highest BCUT2D eigenvalue weighted by Crippen LogP contribution is 2.41. The molecule has 0 bridgehead atoms. The molecule has 258 valence electrons. The van der Waals surface area contributed by atoms with Gasteiger partial charge >= 0.3 is 0 Å². The molecule has 4 heteroatoms. The van der Waals surface area contributed by atoms with E-state index in [-0.39, 0.29) is 0 Å². The molecule has 0 aliphatic rings. The first-order valence-electron chi connectivity index (χ1n) is 17.8. The third kappa shape index (κ3) is 7.05. The minimum absolute atomic E-state index is 1.14. The molecule has 0 aliphatic heterocycles. The van der Waals surface area contributed by atoms with Gasteiger partial charge in [-0.05, 0) is 104 Å². The fourth-order valence-corrected chi connectivity index (χ4v) is 10.6. The van der Waals surface area contributed by atoms with Crippen LogP contribution in [0.2, 0.25) is 0 Å². The molecule has 54 heavy (non-hydrogen) atoms.